The normalized spacial score (nSPS) is 17.0. The van der Waals surface area contributed by atoms with E-state index >= 15 is 0 Å². The van der Waals surface area contributed by atoms with Crippen molar-refractivity contribution in [3.05, 3.63) is 0 Å². The Morgan fingerprint density at radius 2 is 0.923 bits per heavy atom. The smallest absolute Gasteiger partial charge is 0.248 e. The second-order valence-electron chi connectivity index (χ2n) is 20.2. The Bertz CT molecular complexity index is 1810. The minimum Gasteiger partial charge on any atom is -0.394 e. The SMILES string of the molecule is CC[C@H](C)[C@H](NC(=O)C(C)(C)NC(=O)[C@@H](NC(=O)C(C)(C)NC(=O)[C@H](C)NC(C)=O)C(C)C)C(=O)NC(C)(C)C(=O)NC(C)(C)C(=O)N[C@@H](C)C(=O)NC(C)(C)C(=O)N1CCC[C@H]1CO. The zero-order valence-corrected chi connectivity index (χ0v) is 41.6. The molecule has 10 N–H and O–H groups in total. The zero-order valence-electron chi connectivity index (χ0n) is 41.6. The molecule has 0 aromatic heterocycles. The third-order valence-electron chi connectivity index (χ3n) is 11.4. The van der Waals surface area contributed by atoms with Crippen LogP contribution in [0.5, 0.6) is 0 Å². The van der Waals surface area contributed by atoms with E-state index in [4.69, 9.17) is 0 Å². The molecule has 0 aliphatic carbocycles. The molecule has 10 amide bonds. The average Bonchev–Trinajstić information content (AvgIpc) is 3.65. The summed E-state index contributed by atoms with van der Waals surface area (Å²) in [4.78, 5) is 134. The maximum absolute atomic E-state index is 13.9. The van der Waals surface area contributed by atoms with Crippen LogP contribution in [0.25, 0.3) is 0 Å². The van der Waals surface area contributed by atoms with Gasteiger partial charge in [-0.15, -0.1) is 0 Å². The number of amides is 10. The predicted octanol–water partition coefficient (Wildman–Crippen LogP) is -0.855. The van der Waals surface area contributed by atoms with E-state index in [1.807, 2.05) is 0 Å². The zero-order chi connectivity index (χ0) is 50.8. The number of hydrogen-bond acceptors (Lipinski definition) is 11. The van der Waals surface area contributed by atoms with E-state index in [0.717, 1.165) is 6.42 Å². The lowest BCUT2D eigenvalue weighted by Gasteiger charge is -2.36. The van der Waals surface area contributed by atoms with Crippen molar-refractivity contribution in [3.8, 4) is 0 Å². The molecule has 21 heteroatoms. The molecule has 21 nitrogen and oxygen atoms in total. The van der Waals surface area contributed by atoms with E-state index in [1.54, 1.807) is 27.7 Å². The molecular weight excluding hydrogens is 845 g/mol. The van der Waals surface area contributed by atoms with E-state index in [1.165, 1.54) is 94.9 Å². The van der Waals surface area contributed by atoms with Gasteiger partial charge in [0.2, 0.25) is 59.1 Å². The van der Waals surface area contributed by atoms with Crippen molar-refractivity contribution in [1.29, 1.82) is 0 Å². The predicted molar refractivity (Wildman–Crippen MR) is 242 cm³/mol. The Kier molecular flexibility index (Phi) is 20.2. The molecule has 1 aliphatic rings. The number of carbonyl (C=O) groups is 10. The first-order valence-electron chi connectivity index (χ1n) is 22.2. The monoisotopic (exact) mass is 923 g/mol. The summed E-state index contributed by atoms with van der Waals surface area (Å²) in [5.74, 6) is -7.47. The van der Waals surface area contributed by atoms with Crippen LogP contribution in [-0.2, 0) is 47.9 Å². The Morgan fingerprint density at radius 3 is 1.37 bits per heavy atom. The summed E-state index contributed by atoms with van der Waals surface area (Å²) in [6.07, 6.45) is 1.79. The third-order valence-corrected chi connectivity index (χ3v) is 11.4. The van der Waals surface area contributed by atoms with Crippen molar-refractivity contribution in [2.24, 2.45) is 11.8 Å². The van der Waals surface area contributed by atoms with E-state index in [9.17, 15) is 53.1 Å². The lowest BCUT2D eigenvalue weighted by atomic mass is 9.93. The molecule has 0 radical (unpaired) electrons. The van der Waals surface area contributed by atoms with Crippen LogP contribution in [-0.4, -0.2) is 140 Å². The highest BCUT2D eigenvalue weighted by Crippen LogP contribution is 2.22. The van der Waals surface area contributed by atoms with Crippen LogP contribution in [0.1, 0.15) is 137 Å². The van der Waals surface area contributed by atoms with Gasteiger partial charge in [-0.2, -0.15) is 0 Å². The van der Waals surface area contributed by atoms with E-state index in [0.29, 0.717) is 19.4 Å². The number of rotatable bonds is 22. The molecule has 0 bridgehead atoms. The second kappa shape index (κ2) is 22.7. The molecule has 0 unspecified atom stereocenters. The van der Waals surface area contributed by atoms with Gasteiger partial charge in [-0.05, 0) is 108 Å². The maximum Gasteiger partial charge on any atom is 0.248 e. The van der Waals surface area contributed by atoms with Gasteiger partial charge >= 0.3 is 0 Å². The number of nitrogens with zero attached hydrogens (tertiary/aromatic N) is 1. The van der Waals surface area contributed by atoms with Crippen LogP contribution in [0.4, 0.5) is 0 Å². The molecule has 1 rings (SSSR count). The molecule has 1 aliphatic heterocycles. The molecule has 0 saturated carbocycles. The van der Waals surface area contributed by atoms with Crippen LogP contribution in [0.15, 0.2) is 0 Å². The largest absolute Gasteiger partial charge is 0.394 e. The molecule has 0 aromatic rings. The quantitative estimate of drug-likeness (QED) is 0.0638. The molecule has 0 spiro atoms. The molecule has 0 aromatic carbocycles. The Labute approximate surface area is 384 Å². The van der Waals surface area contributed by atoms with Crippen LogP contribution < -0.4 is 47.9 Å². The average molecular weight is 923 g/mol. The molecule has 1 heterocycles. The number of likely N-dealkylation sites (tertiary alicyclic amines) is 1. The highest BCUT2D eigenvalue weighted by atomic mass is 16.3. The molecule has 370 valence electrons. The lowest BCUT2D eigenvalue weighted by molar-refractivity contribution is -0.142. The minimum atomic E-state index is -1.65. The van der Waals surface area contributed by atoms with Gasteiger partial charge in [-0.25, -0.2) is 0 Å². The molecule has 1 saturated heterocycles. The fourth-order valence-corrected chi connectivity index (χ4v) is 6.67. The molecule has 6 atom stereocenters. The first kappa shape index (κ1) is 57.7. The van der Waals surface area contributed by atoms with Gasteiger partial charge < -0.3 is 57.9 Å². The molecule has 65 heavy (non-hydrogen) atoms. The fourth-order valence-electron chi connectivity index (χ4n) is 6.67. The van der Waals surface area contributed by atoms with E-state index < -0.39 is 117 Å². The topological polar surface area (TPSA) is 302 Å². The Hall–Kier alpha value is -5.34. The number of nitrogens with one attached hydrogen (secondary N) is 9. The Balaban J connectivity index is 3.05. The van der Waals surface area contributed by atoms with Gasteiger partial charge in [0, 0.05) is 13.5 Å². The van der Waals surface area contributed by atoms with Gasteiger partial charge in [-0.1, -0.05) is 34.1 Å². The van der Waals surface area contributed by atoms with E-state index in [-0.39, 0.29) is 18.6 Å². The number of hydrogen-bond donors (Lipinski definition) is 10. The fraction of sp³-hybridized carbons (Fsp3) is 0.773. The highest BCUT2D eigenvalue weighted by molar-refractivity contribution is 6.01. The highest BCUT2D eigenvalue weighted by Gasteiger charge is 2.43. The van der Waals surface area contributed by atoms with Crippen LogP contribution in [0.2, 0.25) is 0 Å². The van der Waals surface area contributed by atoms with Crippen molar-refractivity contribution < 1.29 is 53.1 Å². The summed E-state index contributed by atoms with van der Waals surface area (Å²) in [5.41, 5.74) is -7.76. The summed E-state index contributed by atoms with van der Waals surface area (Å²) in [7, 11) is 0. The first-order chi connectivity index (χ1) is 29.5. The van der Waals surface area contributed by atoms with Gasteiger partial charge in [0.05, 0.1) is 12.6 Å². The second-order valence-corrected chi connectivity index (χ2v) is 20.2. The Morgan fingerprint density at radius 1 is 0.538 bits per heavy atom. The van der Waals surface area contributed by atoms with Gasteiger partial charge in [-0.3, -0.25) is 47.9 Å². The van der Waals surface area contributed by atoms with Crippen LogP contribution in [0.3, 0.4) is 0 Å². The molecular formula is C44H78N10O11. The first-order valence-corrected chi connectivity index (χ1v) is 22.2. The standard InChI is InChI=1S/C44H78N10O11/c1-18-24(4)30(48-37(63)41(10,11)51-33(59)29(23(2)3)47-36(62)40(8,9)49-31(57)25(5)45-27(7)56)34(60)52-43(14,15)38(64)53-42(12,13)35(61)46-26(6)32(58)50-44(16,17)39(65)54-21-19-20-28(54)22-55/h23-26,28-30,55H,18-22H2,1-17H3,(H,45,56)(H,46,61)(H,47,62)(H,48,63)(H,49,57)(H,50,58)(H,51,59)(H,52,60)(H,53,64)/t24-,25-,26-,28-,29-,30-/m0/s1. The van der Waals surface area contributed by atoms with Crippen molar-refractivity contribution in [1.82, 2.24) is 52.8 Å². The van der Waals surface area contributed by atoms with Crippen LogP contribution >= 0.6 is 0 Å². The van der Waals surface area contributed by atoms with Gasteiger partial charge in [0.1, 0.15) is 51.9 Å². The van der Waals surface area contributed by atoms with Crippen molar-refractivity contribution in [2.45, 2.75) is 195 Å². The van der Waals surface area contributed by atoms with Crippen molar-refractivity contribution in [3.63, 3.8) is 0 Å². The van der Waals surface area contributed by atoms with Crippen LogP contribution in [0, 0.1) is 11.8 Å². The van der Waals surface area contributed by atoms with Crippen molar-refractivity contribution >= 4 is 59.1 Å². The van der Waals surface area contributed by atoms with Gasteiger partial charge in [0.25, 0.3) is 0 Å². The van der Waals surface area contributed by atoms with Crippen molar-refractivity contribution in [2.75, 3.05) is 13.2 Å². The summed E-state index contributed by atoms with van der Waals surface area (Å²) >= 11 is 0. The molecule has 1 fully saturated rings. The van der Waals surface area contributed by atoms with E-state index in [2.05, 4.69) is 47.9 Å². The minimum absolute atomic E-state index is 0.197. The summed E-state index contributed by atoms with van der Waals surface area (Å²) in [5, 5.41) is 33.1. The summed E-state index contributed by atoms with van der Waals surface area (Å²) in [6, 6.07) is -4.77. The number of aliphatic hydroxyl groups is 1. The maximum atomic E-state index is 13.9. The lowest BCUT2D eigenvalue weighted by Crippen LogP contribution is -2.67. The summed E-state index contributed by atoms with van der Waals surface area (Å²) in [6.45, 7) is 25.6. The third kappa shape index (κ3) is 16.2. The van der Waals surface area contributed by atoms with Gasteiger partial charge in [0.15, 0.2) is 0 Å². The number of carbonyl (C=O) groups excluding carboxylic acids is 10. The summed E-state index contributed by atoms with van der Waals surface area (Å²) < 4.78 is 0. The number of aliphatic hydroxyl groups excluding tert-OH is 1.